The lowest BCUT2D eigenvalue weighted by atomic mass is 9.88. The van der Waals surface area contributed by atoms with Crippen LogP contribution in [0.2, 0.25) is 0 Å². The Morgan fingerprint density at radius 3 is 2.29 bits per heavy atom. The average Bonchev–Trinajstić information content (AvgIpc) is 2.37. The Morgan fingerprint density at radius 1 is 1.29 bits per heavy atom. The van der Waals surface area contributed by atoms with E-state index in [1.165, 1.54) is 0 Å². The highest BCUT2D eigenvalue weighted by molar-refractivity contribution is 5.68. The molecule has 0 saturated carbocycles. The van der Waals surface area contributed by atoms with Crippen molar-refractivity contribution in [2.75, 3.05) is 26.7 Å². The lowest BCUT2D eigenvalue weighted by molar-refractivity contribution is -0.0490. The van der Waals surface area contributed by atoms with Crippen molar-refractivity contribution in [3.63, 3.8) is 0 Å². The molecule has 0 aromatic rings. The minimum atomic E-state index is -0.460. The van der Waals surface area contributed by atoms with E-state index in [0.29, 0.717) is 6.54 Å². The van der Waals surface area contributed by atoms with Gasteiger partial charge in [0.05, 0.1) is 5.60 Å². The van der Waals surface area contributed by atoms with Gasteiger partial charge in [0.1, 0.15) is 5.60 Å². The molecule has 0 bridgehead atoms. The van der Waals surface area contributed by atoms with Gasteiger partial charge in [-0.1, -0.05) is 0 Å². The second-order valence-electron chi connectivity index (χ2n) is 7.15. The fraction of sp³-hybridized carbons (Fsp3) is 0.938. The highest BCUT2D eigenvalue weighted by Gasteiger charge is 2.33. The summed E-state index contributed by atoms with van der Waals surface area (Å²) in [6.07, 6.45) is 2.59. The highest BCUT2D eigenvalue weighted by Crippen LogP contribution is 2.27. The van der Waals surface area contributed by atoms with E-state index in [1.807, 2.05) is 34.6 Å². The molecule has 0 atom stereocenters. The predicted molar refractivity (Wildman–Crippen MR) is 84.5 cm³/mol. The summed E-state index contributed by atoms with van der Waals surface area (Å²) < 4.78 is 11.3. The fourth-order valence-corrected chi connectivity index (χ4v) is 2.64. The highest BCUT2D eigenvalue weighted by atomic mass is 16.6. The van der Waals surface area contributed by atoms with E-state index < -0.39 is 5.60 Å². The molecule has 1 aliphatic rings. The first kappa shape index (κ1) is 18.2. The van der Waals surface area contributed by atoms with Crippen LogP contribution >= 0.6 is 0 Å². The number of rotatable bonds is 5. The lowest BCUT2D eigenvalue weighted by Crippen LogP contribution is -2.48. The summed E-state index contributed by atoms with van der Waals surface area (Å²) in [4.78, 5) is 14.1. The summed E-state index contributed by atoms with van der Waals surface area (Å²) in [6, 6.07) is 0.121. The molecule has 0 aromatic heterocycles. The van der Waals surface area contributed by atoms with Crippen molar-refractivity contribution in [1.29, 1.82) is 0 Å². The lowest BCUT2D eigenvalue weighted by Gasteiger charge is -2.39. The Labute approximate surface area is 129 Å². The maximum atomic E-state index is 12.3. The van der Waals surface area contributed by atoms with Crippen molar-refractivity contribution < 1.29 is 14.3 Å². The molecular formula is C16H32N2O3. The monoisotopic (exact) mass is 300 g/mol. The van der Waals surface area contributed by atoms with Crippen LogP contribution in [0, 0.1) is 0 Å². The SMILES string of the molecule is COC1(CCN(C(=O)OC(C)(C)C)C(C)C)CCNCC1. The number of hydrogen-bond donors (Lipinski definition) is 1. The second kappa shape index (κ2) is 7.45. The smallest absolute Gasteiger partial charge is 0.410 e. The van der Waals surface area contributed by atoms with Crippen LogP contribution in [0.15, 0.2) is 0 Å². The van der Waals surface area contributed by atoms with Gasteiger partial charge in [-0.15, -0.1) is 0 Å². The number of nitrogens with zero attached hydrogens (tertiary/aromatic N) is 1. The zero-order valence-corrected chi connectivity index (χ0v) is 14.5. The minimum Gasteiger partial charge on any atom is -0.444 e. The Balaban J connectivity index is 2.63. The molecule has 0 spiro atoms. The Hall–Kier alpha value is -0.810. The van der Waals surface area contributed by atoms with E-state index in [4.69, 9.17) is 9.47 Å². The molecule has 1 saturated heterocycles. The summed E-state index contributed by atoms with van der Waals surface area (Å²) in [7, 11) is 1.78. The molecule has 124 valence electrons. The Kier molecular flexibility index (Phi) is 6.47. The number of hydrogen-bond acceptors (Lipinski definition) is 4. The van der Waals surface area contributed by atoms with Crippen molar-refractivity contribution >= 4 is 6.09 Å². The van der Waals surface area contributed by atoms with Gasteiger partial charge in [-0.2, -0.15) is 0 Å². The largest absolute Gasteiger partial charge is 0.444 e. The zero-order valence-electron chi connectivity index (χ0n) is 14.5. The first-order valence-electron chi connectivity index (χ1n) is 7.95. The van der Waals surface area contributed by atoms with Crippen LogP contribution in [0.1, 0.15) is 53.9 Å². The molecule has 1 amide bonds. The third kappa shape index (κ3) is 5.83. The van der Waals surface area contributed by atoms with Crippen molar-refractivity contribution in [3.8, 4) is 0 Å². The van der Waals surface area contributed by atoms with Crippen molar-refractivity contribution in [3.05, 3.63) is 0 Å². The van der Waals surface area contributed by atoms with Crippen LogP contribution in [-0.2, 0) is 9.47 Å². The van der Waals surface area contributed by atoms with Crippen molar-refractivity contribution in [2.24, 2.45) is 0 Å². The van der Waals surface area contributed by atoms with Gasteiger partial charge in [0.2, 0.25) is 0 Å². The normalized spacial score (nSPS) is 18.6. The van der Waals surface area contributed by atoms with Gasteiger partial charge < -0.3 is 19.7 Å². The number of nitrogens with one attached hydrogen (secondary N) is 1. The molecule has 5 nitrogen and oxygen atoms in total. The van der Waals surface area contributed by atoms with Crippen molar-refractivity contribution in [2.45, 2.75) is 71.1 Å². The summed E-state index contributed by atoms with van der Waals surface area (Å²) in [5.41, 5.74) is -0.571. The van der Waals surface area contributed by atoms with E-state index >= 15 is 0 Å². The molecular weight excluding hydrogens is 268 g/mol. The third-order valence-electron chi connectivity index (χ3n) is 4.01. The van der Waals surface area contributed by atoms with Gasteiger partial charge >= 0.3 is 6.09 Å². The standard InChI is InChI=1S/C16H32N2O3/c1-13(2)18(14(19)21-15(3,4)5)12-9-16(20-6)7-10-17-11-8-16/h13,17H,7-12H2,1-6H3. The first-order chi connectivity index (χ1) is 9.69. The molecule has 21 heavy (non-hydrogen) atoms. The second-order valence-corrected chi connectivity index (χ2v) is 7.15. The van der Waals surface area contributed by atoms with Crippen molar-refractivity contribution in [1.82, 2.24) is 10.2 Å². The topological polar surface area (TPSA) is 50.8 Å². The molecule has 0 radical (unpaired) electrons. The van der Waals surface area contributed by atoms with Crippen LogP contribution in [0.5, 0.6) is 0 Å². The molecule has 1 fully saturated rings. The quantitative estimate of drug-likeness (QED) is 0.848. The van der Waals surface area contributed by atoms with E-state index in [0.717, 1.165) is 32.4 Å². The first-order valence-corrected chi connectivity index (χ1v) is 7.95. The molecule has 1 rings (SSSR count). The van der Waals surface area contributed by atoms with Crippen LogP contribution in [-0.4, -0.2) is 55.0 Å². The molecule has 0 aliphatic carbocycles. The van der Waals surface area contributed by atoms with E-state index in [2.05, 4.69) is 5.32 Å². The van der Waals surface area contributed by atoms with Gasteiger partial charge in [0, 0.05) is 19.7 Å². The van der Waals surface area contributed by atoms with E-state index in [1.54, 1.807) is 12.0 Å². The minimum absolute atomic E-state index is 0.111. The Morgan fingerprint density at radius 2 is 1.86 bits per heavy atom. The molecule has 0 aromatic carbocycles. The molecule has 0 unspecified atom stereocenters. The van der Waals surface area contributed by atoms with E-state index in [-0.39, 0.29) is 17.7 Å². The third-order valence-corrected chi connectivity index (χ3v) is 4.01. The number of carbonyl (C=O) groups is 1. The Bertz CT molecular complexity index is 331. The number of methoxy groups -OCH3 is 1. The summed E-state index contributed by atoms with van der Waals surface area (Å²) in [6.45, 7) is 12.3. The predicted octanol–water partition coefficient (Wildman–Crippen LogP) is 2.79. The maximum absolute atomic E-state index is 12.3. The van der Waals surface area contributed by atoms with Gasteiger partial charge in [0.25, 0.3) is 0 Å². The zero-order chi connectivity index (χ0) is 16.1. The van der Waals surface area contributed by atoms with Gasteiger partial charge in [-0.3, -0.25) is 0 Å². The van der Waals surface area contributed by atoms with Crippen LogP contribution in [0.4, 0.5) is 4.79 Å². The van der Waals surface area contributed by atoms with Gasteiger partial charge in [-0.25, -0.2) is 4.79 Å². The molecule has 5 heteroatoms. The van der Waals surface area contributed by atoms with Gasteiger partial charge in [0.15, 0.2) is 0 Å². The fourth-order valence-electron chi connectivity index (χ4n) is 2.64. The molecule has 1 heterocycles. The summed E-state index contributed by atoms with van der Waals surface area (Å²) in [5.74, 6) is 0. The molecule has 1 N–H and O–H groups in total. The average molecular weight is 300 g/mol. The number of carbonyl (C=O) groups excluding carboxylic acids is 1. The van der Waals surface area contributed by atoms with Crippen LogP contribution in [0.25, 0.3) is 0 Å². The summed E-state index contributed by atoms with van der Waals surface area (Å²) >= 11 is 0. The van der Waals surface area contributed by atoms with Crippen LogP contribution < -0.4 is 5.32 Å². The number of ether oxygens (including phenoxy) is 2. The summed E-state index contributed by atoms with van der Waals surface area (Å²) in [5, 5.41) is 3.35. The van der Waals surface area contributed by atoms with Crippen LogP contribution in [0.3, 0.4) is 0 Å². The number of piperidine rings is 1. The maximum Gasteiger partial charge on any atom is 0.410 e. The van der Waals surface area contributed by atoms with E-state index in [9.17, 15) is 4.79 Å². The number of amides is 1. The van der Waals surface area contributed by atoms with Gasteiger partial charge in [-0.05, 0) is 67.0 Å². The molecule has 1 aliphatic heterocycles.